The van der Waals surface area contributed by atoms with E-state index in [1.54, 1.807) is 6.07 Å². The molecule has 19 heavy (non-hydrogen) atoms. The molecule has 1 aliphatic rings. The molecule has 5 nitrogen and oxygen atoms in total. The molecule has 5 heteroatoms. The summed E-state index contributed by atoms with van der Waals surface area (Å²) < 4.78 is 11.0. The second-order valence-corrected chi connectivity index (χ2v) is 4.29. The number of benzene rings is 1. The molecule has 102 valence electrons. The molecule has 0 aromatic heterocycles. The van der Waals surface area contributed by atoms with Gasteiger partial charge in [-0.1, -0.05) is 25.1 Å². The summed E-state index contributed by atoms with van der Waals surface area (Å²) in [5, 5.41) is 8.89. The van der Waals surface area contributed by atoms with Gasteiger partial charge in [0.1, 0.15) is 0 Å². The highest BCUT2D eigenvalue weighted by Gasteiger charge is 2.27. The number of carbonyl (C=O) groups is 2. The van der Waals surface area contributed by atoms with E-state index in [0.717, 1.165) is 12.0 Å². The van der Waals surface area contributed by atoms with Gasteiger partial charge in [-0.05, 0) is 18.4 Å². The number of hydrogen-bond donors (Lipinski definition) is 1. The van der Waals surface area contributed by atoms with Gasteiger partial charge in [-0.25, -0.2) is 4.79 Å². The van der Waals surface area contributed by atoms with E-state index in [1.807, 2.05) is 13.0 Å². The van der Waals surface area contributed by atoms with Crippen molar-refractivity contribution in [2.24, 2.45) is 0 Å². The Kier molecular flexibility index (Phi) is 4.29. The highest BCUT2D eigenvalue weighted by molar-refractivity contribution is 6.40. The van der Waals surface area contributed by atoms with Crippen molar-refractivity contribution in [3.05, 3.63) is 34.9 Å². The quantitative estimate of drug-likeness (QED) is 0.664. The fraction of sp³-hybridized carbons (Fsp3) is 0.429. The fourth-order valence-corrected chi connectivity index (χ4v) is 2.17. The van der Waals surface area contributed by atoms with Crippen LogP contribution in [0.1, 0.15) is 41.1 Å². The zero-order chi connectivity index (χ0) is 13.8. The lowest BCUT2D eigenvalue weighted by Gasteiger charge is -2.26. The number of carboxylic acid groups (broad SMARTS) is 1. The van der Waals surface area contributed by atoms with Crippen molar-refractivity contribution in [1.29, 1.82) is 0 Å². The van der Waals surface area contributed by atoms with Gasteiger partial charge in [0.15, 0.2) is 6.29 Å². The molecule has 0 saturated carbocycles. The third kappa shape index (κ3) is 2.83. The van der Waals surface area contributed by atoms with Crippen molar-refractivity contribution in [2.45, 2.75) is 26.1 Å². The smallest absolute Gasteiger partial charge is 0.377 e. The van der Waals surface area contributed by atoms with E-state index in [2.05, 4.69) is 0 Å². The molecule has 0 spiro atoms. The largest absolute Gasteiger partial charge is 0.475 e. The van der Waals surface area contributed by atoms with E-state index in [-0.39, 0.29) is 5.56 Å². The second-order valence-electron chi connectivity index (χ2n) is 4.29. The molecule has 0 amide bonds. The SMILES string of the molecule is CCc1cccc(C(=O)C(=O)O)c1C1OCCCO1. The summed E-state index contributed by atoms with van der Waals surface area (Å²) >= 11 is 0. The summed E-state index contributed by atoms with van der Waals surface area (Å²) in [7, 11) is 0. The van der Waals surface area contributed by atoms with E-state index < -0.39 is 18.0 Å². The Morgan fingerprint density at radius 2 is 2.00 bits per heavy atom. The average molecular weight is 264 g/mol. The van der Waals surface area contributed by atoms with Crippen molar-refractivity contribution >= 4 is 11.8 Å². The molecular formula is C14H16O5. The first-order valence-electron chi connectivity index (χ1n) is 6.27. The summed E-state index contributed by atoms with van der Waals surface area (Å²) in [6.45, 7) is 3.03. The maximum Gasteiger partial charge on any atom is 0.377 e. The standard InChI is InChI=1S/C14H16O5/c1-2-9-5-3-6-10(12(15)13(16)17)11(9)14-18-7-4-8-19-14/h3,5-6,14H,2,4,7-8H2,1H3,(H,16,17). The van der Waals surface area contributed by atoms with E-state index in [0.29, 0.717) is 25.2 Å². The minimum absolute atomic E-state index is 0.152. The van der Waals surface area contributed by atoms with Crippen LogP contribution in [0, 0.1) is 0 Å². The van der Waals surface area contributed by atoms with Crippen LogP contribution in [-0.2, 0) is 20.7 Å². The Labute approximate surface area is 111 Å². The van der Waals surface area contributed by atoms with Gasteiger partial charge in [0.25, 0.3) is 5.78 Å². The van der Waals surface area contributed by atoms with Crippen LogP contribution in [0.25, 0.3) is 0 Å². The highest BCUT2D eigenvalue weighted by atomic mass is 16.7. The second kappa shape index (κ2) is 5.95. The van der Waals surface area contributed by atoms with Crippen LogP contribution in [0.4, 0.5) is 0 Å². The number of carboxylic acids is 1. The minimum Gasteiger partial charge on any atom is -0.475 e. The Morgan fingerprint density at radius 3 is 2.58 bits per heavy atom. The predicted octanol–water partition coefficient (Wildman–Crippen LogP) is 1.95. The molecular weight excluding hydrogens is 248 g/mol. The van der Waals surface area contributed by atoms with Crippen molar-refractivity contribution < 1.29 is 24.2 Å². The van der Waals surface area contributed by atoms with Gasteiger partial charge in [-0.3, -0.25) is 4.79 Å². The number of aryl methyl sites for hydroxylation is 1. The molecule has 1 fully saturated rings. The van der Waals surface area contributed by atoms with Crippen LogP contribution in [0.3, 0.4) is 0 Å². The summed E-state index contributed by atoms with van der Waals surface area (Å²) in [4.78, 5) is 22.7. The number of ketones is 1. The first kappa shape index (κ1) is 13.7. The summed E-state index contributed by atoms with van der Waals surface area (Å²) in [5.41, 5.74) is 1.58. The molecule has 1 aromatic carbocycles. The van der Waals surface area contributed by atoms with Gasteiger partial charge in [-0.2, -0.15) is 0 Å². The number of Topliss-reactive ketones (excluding diaryl/α,β-unsaturated/α-hetero) is 1. The molecule has 0 unspecified atom stereocenters. The zero-order valence-electron chi connectivity index (χ0n) is 10.7. The monoisotopic (exact) mass is 264 g/mol. The summed E-state index contributed by atoms with van der Waals surface area (Å²) in [6, 6.07) is 5.04. The maximum atomic E-state index is 11.8. The topological polar surface area (TPSA) is 72.8 Å². The molecule has 0 aliphatic carbocycles. The molecule has 2 rings (SSSR count). The van der Waals surface area contributed by atoms with Crippen LogP contribution in [0.2, 0.25) is 0 Å². The molecule has 1 saturated heterocycles. The fourth-order valence-electron chi connectivity index (χ4n) is 2.17. The van der Waals surface area contributed by atoms with Gasteiger partial charge in [-0.15, -0.1) is 0 Å². The van der Waals surface area contributed by atoms with E-state index in [4.69, 9.17) is 14.6 Å². The van der Waals surface area contributed by atoms with Gasteiger partial charge >= 0.3 is 5.97 Å². The van der Waals surface area contributed by atoms with Crippen molar-refractivity contribution in [1.82, 2.24) is 0 Å². The molecule has 0 radical (unpaired) electrons. The third-order valence-corrected chi connectivity index (χ3v) is 3.08. The Hall–Kier alpha value is -1.72. The maximum absolute atomic E-state index is 11.8. The first-order valence-corrected chi connectivity index (χ1v) is 6.27. The first-order chi connectivity index (χ1) is 9.15. The normalized spacial score (nSPS) is 16.3. The van der Waals surface area contributed by atoms with E-state index >= 15 is 0 Å². The van der Waals surface area contributed by atoms with Crippen molar-refractivity contribution in [3.63, 3.8) is 0 Å². The van der Waals surface area contributed by atoms with Crippen LogP contribution in [-0.4, -0.2) is 30.1 Å². The molecule has 1 aromatic rings. The Balaban J connectivity index is 2.47. The van der Waals surface area contributed by atoms with E-state index in [1.165, 1.54) is 6.07 Å². The number of ether oxygens (including phenoxy) is 2. The molecule has 1 aliphatic heterocycles. The van der Waals surface area contributed by atoms with E-state index in [9.17, 15) is 9.59 Å². The zero-order valence-corrected chi connectivity index (χ0v) is 10.7. The van der Waals surface area contributed by atoms with Gasteiger partial charge in [0.2, 0.25) is 0 Å². The van der Waals surface area contributed by atoms with Gasteiger partial charge < -0.3 is 14.6 Å². The number of rotatable bonds is 4. The van der Waals surface area contributed by atoms with Gasteiger partial charge in [0.05, 0.1) is 13.2 Å². The van der Waals surface area contributed by atoms with Crippen molar-refractivity contribution in [2.75, 3.05) is 13.2 Å². The third-order valence-electron chi connectivity index (χ3n) is 3.08. The van der Waals surface area contributed by atoms with Crippen LogP contribution in [0.5, 0.6) is 0 Å². The number of aliphatic carboxylic acids is 1. The van der Waals surface area contributed by atoms with Crippen molar-refractivity contribution in [3.8, 4) is 0 Å². The Morgan fingerprint density at radius 1 is 1.32 bits per heavy atom. The molecule has 0 atom stereocenters. The van der Waals surface area contributed by atoms with Crippen LogP contribution in [0.15, 0.2) is 18.2 Å². The average Bonchev–Trinajstić information content (AvgIpc) is 2.46. The number of carbonyl (C=O) groups excluding carboxylic acids is 1. The molecule has 0 bridgehead atoms. The lowest BCUT2D eigenvalue weighted by atomic mass is 9.95. The number of hydrogen-bond acceptors (Lipinski definition) is 4. The molecule has 1 N–H and O–H groups in total. The summed E-state index contributed by atoms with van der Waals surface area (Å²) in [5.74, 6) is -2.40. The predicted molar refractivity (Wildman–Crippen MR) is 67.0 cm³/mol. The molecule has 1 heterocycles. The highest BCUT2D eigenvalue weighted by Crippen LogP contribution is 2.30. The lowest BCUT2D eigenvalue weighted by Crippen LogP contribution is -2.23. The van der Waals surface area contributed by atoms with Gasteiger partial charge in [0, 0.05) is 11.1 Å². The lowest BCUT2D eigenvalue weighted by molar-refractivity contribution is -0.183. The van der Waals surface area contributed by atoms with Crippen LogP contribution < -0.4 is 0 Å². The minimum atomic E-state index is -1.47. The summed E-state index contributed by atoms with van der Waals surface area (Å²) in [6.07, 6.45) is 0.829. The van der Waals surface area contributed by atoms with Crippen LogP contribution >= 0.6 is 0 Å². The Bertz CT molecular complexity index is 489.